The van der Waals surface area contributed by atoms with Gasteiger partial charge < -0.3 is 20.9 Å². The van der Waals surface area contributed by atoms with Gasteiger partial charge in [-0.05, 0) is 50.4 Å². The molecule has 1 saturated heterocycles. The van der Waals surface area contributed by atoms with Crippen molar-refractivity contribution in [3.8, 4) is 0 Å². The first kappa shape index (κ1) is 16.8. The van der Waals surface area contributed by atoms with E-state index < -0.39 is 0 Å². The largest absolute Gasteiger partial charge is 0.335 e. The van der Waals surface area contributed by atoms with Crippen LogP contribution in [0.4, 0.5) is 10.5 Å². The van der Waals surface area contributed by atoms with Crippen molar-refractivity contribution in [2.24, 2.45) is 0 Å². The monoisotopic (exact) mass is 330 g/mol. The Morgan fingerprint density at radius 2 is 2.12 bits per heavy atom. The predicted molar refractivity (Wildman–Crippen MR) is 94.2 cm³/mol. The molecule has 1 aromatic carbocycles. The molecule has 0 radical (unpaired) electrons. The molecule has 1 saturated carbocycles. The highest BCUT2D eigenvalue weighted by Crippen LogP contribution is 2.20. The normalized spacial score (nSPS) is 19.8. The van der Waals surface area contributed by atoms with E-state index in [1.165, 1.54) is 0 Å². The fourth-order valence-electron chi connectivity index (χ4n) is 3.07. The number of nitrogens with one attached hydrogen (secondary N) is 3. The van der Waals surface area contributed by atoms with Gasteiger partial charge >= 0.3 is 6.03 Å². The van der Waals surface area contributed by atoms with Crippen LogP contribution in [0.25, 0.3) is 0 Å². The molecule has 3 N–H and O–H groups in total. The third-order valence-corrected chi connectivity index (χ3v) is 4.48. The van der Waals surface area contributed by atoms with Crippen molar-refractivity contribution in [1.29, 1.82) is 0 Å². The summed E-state index contributed by atoms with van der Waals surface area (Å²) in [6.45, 7) is 4.66. The smallest absolute Gasteiger partial charge is 0.319 e. The maximum absolute atomic E-state index is 12.9. The van der Waals surface area contributed by atoms with Crippen molar-refractivity contribution in [3.63, 3.8) is 0 Å². The summed E-state index contributed by atoms with van der Waals surface area (Å²) in [6.07, 6.45) is 4.03. The van der Waals surface area contributed by atoms with Crippen LogP contribution in [-0.2, 0) is 0 Å². The van der Waals surface area contributed by atoms with Crippen LogP contribution >= 0.6 is 0 Å². The molecule has 0 spiro atoms. The number of amides is 3. The Morgan fingerprint density at radius 3 is 2.79 bits per heavy atom. The van der Waals surface area contributed by atoms with Crippen LogP contribution < -0.4 is 16.0 Å². The van der Waals surface area contributed by atoms with Gasteiger partial charge in [-0.15, -0.1) is 0 Å². The van der Waals surface area contributed by atoms with Gasteiger partial charge in [0, 0.05) is 36.4 Å². The zero-order valence-electron chi connectivity index (χ0n) is 14.2. The number of carbonyl (C=O) groups excluding carboxylic acids is 2. The molecule has 1 aliphatic carbocycles. The molecule has 2 aliphatic rings. The summed E-state index contributed by atoms with van der Waals surface area (Å²) in [7, 11) is 0. The van der Waals surface area contributed by atoms with E-state index in [-0.39, 0.29) is 18.0 Å². The first-order chi connectivity index (χ1) is 11.7. The number of nitrogens with zero attached hydrogens (tertiary/aromatic N) is 1. The predicted octanol–water partition coefficient (Wildman–Crippen LogP) is 2.18. The van der Waals surface area contributed by atoms with Crippen molar-refractivity contribution < 1.29 is 9.59 Å². The van der Waals surface area contributed by atoms with Gasteiger partial charge in [0.15, 0.2) is 0 Å². The summed E-state index contributed by atoms with van der Waals surface area (Å²) >= 11 is 0. The number of rotatable bonds is 6. The molecule has 0 bridgehead atoms. The molecule has 1 aliphatic heterocycles. The molecule has 1 atom stereocenters. The van der Waals surface area contributed by atoms with Gasteiger partial charge in [0.1, 0.15) is 0 Å². The van der Waals surface area contributed by atoms with E-state index in [2.05, 4.69) is 22.9 Å². The van der Waals surface area contributed by atoms with E-state index in [1.807, 2.05) is 23.1 Å². The van der Waals surface area contributed by atoms with Crippen molar-refractivity contribution in [2.45, 2.75) is 44.7 Å². The second-order valence-corrected chi connectivity index (χ2v) is 6.60. The van der Waals surface area contributed by atoms with Crippen molar-refractivity contribution in [1.82, 2.24) is 15.5 Å². The third-order valence-electron chi connectivity index (χ3n) is 4.48. The van der Waals surface area contributed by atoms with E-state index in [0.29, 0.717) is 17.3 Å². The van der Waals surface area contributed by atoms with Crippen LogP contribution in [0.1, 0.15) is 43.0 Å². The molecular weight excluding hydrogens is 304 g/mol. The Hall–Kier alpha value is -2.08. The first-order valence-corrected chi connectivity index (χ1v) is 8.86. The van der Waals surface area contributed by atoms with E-state index in [0.717, 1.165) is 45.3 Å². The lowest BCUT2D eigenvalue weighted by Crippen LogP contribution is -2.42. The first-order valence-electron chi connectivity index (χ1n) is 8.86. The molecule has 0 aromatic heterocycles. The van der Waals surface area contributed by atoms with Gasteiger partial charge in [-0.3, -0.25) is 4.79 Å². The Labute approximate surface area is 143 Å². The number of urea groups is 1. The molecule has 3 amide bonds. The van der Waals surface area contributed by atoms with Gasteiger partial charge in [0.05, 0.1) is 0 Å². The van der Waals surface area contributed by atoms with Gasteiger partial charge in [0.25, 0.3) is 5.91 Å². The highest BCUT2D eigenvalue weighted by molar-refractivity contribution is 5.97. The van der Waals surface area contributed by atoms with E-state index in [9.17, 15) is 9.59 Å². The van der Waals surface area contributed by atoms with Crippen LogP contribution in [0, 0.1) is 0 Å². The lowest BCUT2D eigenvalue weighted by Gasteiger charge is -2.28. The molecule has 130 valence electrons. The average molecular weight is 330 g/mol. The topological polar surface area (TPSA) is 73.5 Å². The highest BCUT2D eigenvalue weighted by Gasteiger charge is 2.27. The fourth-order valence-corrected chi connectivity index (χ4v) is 3.07. The lowest BCUT2D eigenvalue weighted by molar-refractivity contribution is 0.0692. The molecule has 2 fully saturated rings. The lowest BCUT2D eigenvalue weighted by atomic mass is 10.1. The summed E-state index contributed by atoms with van der Waals surface area (Å²) in [5.74, 6) is 0.0387. The fraction of sp³-hybridized carbons (Fsp3) is 0.556. The molecule has 1 aromatic rings. The van der Waals surface area contributed by atoms with Crippen LogP contribution in [0.3, 0.4) is 0 Å². The SMILES string of the molecule is CCCN(C(=O)c1cccc(NC(=O)NC2CC2)c1)C1CCNC1. The summed E-state index contributed by atoms with van der Waals surface area (Å²) in [6, 6.07) is 7.57. The Kier molecular flexibility index (Phi) is 5.35. The summed E-state index contributed by atoms with van der Waals surface area (Å²) in [5, 5.41) is 9.02. The van der Waals surface area contributed by atoms with Gasteiger partial charge in [-0.1, -0.05) is 13.0 Å². The minimum Gasteiger partial charge on any atom is -0.335 e. The van der Waals surface area contributed by atoms with Crippen molar-refractivity contribution in [2.75, 3.05) is 25.0 Å². The Morgan fingerprint density at radius 1 is 1.29 bits per heavy atom. The molecular formula is C18H26N4O2. The Balaban J connectivity index is 1.68. The zero-order chi connectivity index (χ0) is 16.9. The number of hydrogen-bond acceptors (Lipinski definition) is 3. The molecule has 6 nitrogen and oxygen atoms in total. The molecule has 3 rings (SSSR count). The maximum atomic E-state index is 12.9. The average Bonchev–Trinajstić information content (AvgIpc) is 3.22. The second-order valence-electron chi connectivity index (χ2n) is 6.60. The van der Waals surface area contributed by atoms with Crippen molar-refractivity contribution in [3.05, 3.63) is 29.8 Å². The minimum absolute atomic E-state index is 0.0387. The second kappa shape index (κ2) is 7.66. The number of benzene rings is 1. The Bertz CT molecular complexity index is 594. The van der Waals surface area contributed by atoms with E-state index in [4.69, 9.17) is 0 Å². The van der Waals surface area contributed by atoms with Crippen LogP contribution in [-0.4, -0.2) is 48.6 Å². The summed E-state index contributed by atoms with van der Waals surface area (Å²) < 4.78 is 0. The minimum atomic E-state index is -0.201. The van der Waals surface area contributed by atoms with Crippen LogP contribution in [0.15, 0.2) is 24.3 Å². The zero-order valence-corrected chi connectivity index (χ0v) is 14.2. The summed E-state index contributed by atoms with van der Waals surface area (Å²) in [5.41, 5.74) is 1.28. The van der Waals surface area contributed by atoms with Crippen LogP contribution in [0.2, 0.25) is 0 Å². The highest BCUT2D eigenvalue weighted by atomic mass is 16.2. The summed E-state index contributed by atoms with van der Waals surface area (Å²) in [4.78, 5) is 26.7. The molecule has 24 heavy (non-hydrogen) atoms. The standard InChI is InChI=1S/C18H26N4O2/c1-2-10-22(16-8-9-19-12-16)17(23)13-4-3-5-15(11-13)21-18(24)20-14-6-7-14/h3-5,11,14,16,19H,2,6-10,12H2,1H3,(H2,20,21,24). The van der Waals surface area contributed by atoms with Crippen LogP contribution in [0.5, 0.6) is 0 Å². The van der Waals surface area contributed by atoms with Gasteiger partial charge in [-0.25, -0.2) is 4.79 Å². The van der Waals surface area contributed by atoms with Gasteiger partial charge in [-0.2, -0.15) is 0 Å². The quantitative estimate of drug-likeness (QED) is 0.748. The number of anilines is 1. The van der Waals surface area contributed by atoms with E-state index >= 15 is 0 Å². The van der Waals surface area contributed by atoms with Gasteiger partial charge in [0.2, 0.25) is 0 Å². The number of carbonyl (C=O) groups is 2. The van der Waals surface area contributed by atoms with Crippen molar-refractivity contribution >= 4 is 17.6 Å². The number of hydrogen-bond donors (Lipinski definition) is 3. The maximum Gasteiger partial charge on any atom is 0.319 e. The van der Waals surface area contributed by atoms with E-state index in [1.54, 1.807) is 6.07 Å². The third kappa shape index (κ3) is 4.26. The molecule has 1 heterocycles. The molecule has 1 unspecified atom stereocenters. The molecule has 6 heteroatoms.